The highest BCUT2D eigenvalue weighted by molar-refractivity contribution is 5.94. The van der Waals surface area contributed by atoms with Gasteiger partial charge >= 0.3 is 0 Å². The third-order valence-corrected chi connectivity index (χ3v) is 7.52. The molecule has 1 saturated heterocycles. The first-order valence-electron chi connectivity index (χ1n) is 13.4. The zero-order valence-corrected chi connectivity index (χ0v) is 22.8. The number of nitrogens with one attached hydrogen (secondary N) is 3. The molecule has 2 amide bonds. The maximum absolute atomic E-state index is 13.0. The van der Waals surface area contributed by atoms with Crippen LogP contribution in [0.5, 0.6) is 0 Å². The molecule has 2 atom stereocenters. The van der Waals surface area contributed by atoms with Crippen LogP contribution in [0.3, 0.4) is 0 Å². The topological polar surface area (TPSA) is 102 Å². The second kappa shape index (κ2) is 11.9. The second-order valence-corrected chi connectivity index (χ2v) is 10.8. The van der Waals surface area contributed by atoms with Crippen LogP contribution in [0.25, 0.3) is 0 Å². The first-order chi connectivity index (χ1) is 17.7. The van der Waals surface area contributed by atoms with E-state index in [1.807, 2.05) is 57.0 Å². The van der Waals surface area contributed by atoms with Gasteiger partial charge in [-0.3, -0.25) is 9.59 Å². The van der Waals surface area contributed by atoms with Crippen molar-refractivity contribution in [2.24, 2.45) is 5.92 Å². The summed E-state index contributed by atoms with van der Waals surface area (Å²) >= 11 is 0. The number of aromatic nitrogens is 2. The quantitative estimate of drug-likeness (QED) is 0.499. The van der Waals surface area contributed by atoms with Gasteiger partial charge in [0.2, 0.25) is 11.9 Å². The number of benzene rings is 1. The first-order valence-corrected chi connectivity index (χ1v) is 13.4. The van der Waals surface area contributed by atoms with Gasteiger partial charge in [0.15, 0.2) is 0 Å². The highest BCUT2D eigenvalue weighted by atomic mass is 16.2. The molecule has 1 aromatic carbocycles. The minimum Gasteiger partial charge on any atom is -0.366 e. The molecular weight excluding hydrogens is 466 g/mol. The summed E-state index contributed by atoms with van der Waals surface area (Å²) < 4.78 is 0. The summed E-state index contributed by atoms with van der Waals surface area (Å²) in [6.45, 7) is 7.97. The Morgan fingerprint density at radius 3 is 2.46 bits per heavy atom. The number of nitrogens with zero attached hydrogens (tertiary/aromatic N) is 4. The number of rotatable bonds is 8. The Morgan fingerprint density at radius 1 is 1.08 bits per heavy atom. The maximum Gasteiger partial charge on any atom is 0.253 e. The average Bonchev–Trinajstić information content (AvgIpc) is 3.34. The van der Waals surface area contributed by atoms with Crippen LogP contribution >= 0.6 is 0 Å². The van der Waals surface area contributed by atoms with E-state index >= 15 is 0 Å². The molecular formula is C28H41N7O2. The molecule has 2 fully saturated rings. The second-order valence-electron chi connectivity index (χ2n) is 10.8. The van der Waals surface area contributed by atoms with E-state index < -0.39 is 0 Å². The number of likely N-dealkylation sites (tertiary alicyclic amines) is 1. The van der Waals surface area contributed by atoms with Crippen LogP contribution in [0.15, 0.2) is 30.5 Å². The molecule has 2 aromatic rings. The third-order valence-electron chi connectivity index (χ3n) is 7.52. The molecule has 1 aromatic heterocycles. The fourth-order valence-corrected chi connectivity index (χ4v) is 5.24. The van der Waals surface area contributed by atoms with Gasteiger partial charge in [0.25, 0.3) is 5.91 Å². The zero-order chi connectivity index (χ0) is 26.5. The van der Waals surface area contributed by atoms with Crippen molar-refractivity contribution in [3.63, 3.8) is 0 Å². The standard InChI is InChI=1S/C28H41N7O2/c1-18(2)30-26(36)23-7-6-8-24(23)32-25-19(3)17-29-28(33-25)31-21-11-9-20(10-12-21)27(37)35(5)22-13-15-34(4)16-14-22/h9-12,17-18,22-24H,6-8,13-16H2,1-5H3,(H,30,36)(H2,29,31,32,33)/t23-,24+/m0/s1. The van der Waals surface area contributed by atoms with Gasteiger partial charge in [0.1, 0.15) is 5.82 Å². The molecule has 9 nitrogen and oxygen atoms in total. The Labute approximate surface area is 220 Å². The van der Waals surface area contributed by atoms with Gasteiger partial charge < -0.3 is 25.8 Å². The lowest BCUT2D eigenvalue weighted by molar-refractivity contribution is -0.125. The number of carbonyl (C=O) groups is 2. The molecule has 0 spiro atoms. The predicted octanol–water partition coefficient (Wildman–Crippen LogP) is 3.80. The number of aryl methyl sites for hydroxylation is 1. The normalized spacial score (nSPS) is 20.6. The van der Waals surface area contributed by atoms with Crippen molar-refractivity contribution in [1.29, 1.82) is 0 Å². The van der Waals surface area contributed by atoms with Crippen molar-refractivity contribution in [1.82, 2.24) is 25.1 Å². The van der Waals surface area contributed by atoms with Gasteiger partial charge in [-0.15, -0.1) is 0 Å². The minimum absolute atomic E-state index is 0.0480. The van der Waals surface area contributed by atoms with Crippen molar-refractivity contribution in [2.75, 3.05) is 37.8 Å². The number of hydrogen-bond donors (Lipinski definition) is 3. The molecule has 1 aliphatic heterocycles. The Balaban J connectivity index is 1.39. The van der Waals surface area contributed by atoms with E-state index in [2.05, 4.69) is 32.9 Å². The van der Waals surface area contributed by atoms with Crippen LogP contribution < -0.4 is 16.0 Å². The van der Waals surface area contributed by atoms with Gasteiger partial charge in [0, 0.05) is 48.2 Å². The fraction of sp³-hybridized carbons (Fsp3) is 0.571. The van der Waals surface area contributed by atoms with Crippen LogP contribution in [0.2, 0.25) is 0 Å². The molecule has 1 aliphatic carbocycles. The SMILES string of the molecule is Cc1cnc(Nc2ccc(C(=O)N(C)C3CCN(C)CC3)cc2)nc1N[C@@H]1CCC[C@@H]1C(=O)NC(C)C. The van der Waals surface area contributed by atoms with Gasteiger partial charge in [0.05, 0.1) is 5.92 Å². The van der Waals surface area contributed by atoms with Gasteiger partial charge in [-0.25, -0.2) is 4.98 Å². The van der Waals surface area contributed by atoms with Crippen LogP contribution in [-0.2, 0) is 4.79 Å². The van der Waals surface area contributed by atoms with E-state index in [0.29, 0.717) is 11.5 Å². The molecule has 3 N–H and O–H groups in total. The van der Waals surface area contributed by atoms with Crippen molar-refractivity contribution < 1.29 is 9.59 Å². The predicted molar refractivity (Wildman–Crippen MR) is 147 cm³/mol. The van der Waals surface area contributed by atoms with E-state index in [9.17, 15) is 9.59 Å². The van der Waals surface area contributed by atoms with E-state index in [1.54, 1.807) is 6.20 Å². The Kier molecular flexibility index (Phi) is 8.63. The van der Waals surface area contributed by atoms with Crippen molar-refractivity contribution >= 4 is 29.3 Å². The first kappa shape index (κ1) is 26.9. The molecule has 37 heavy (non-hydrogen) atoms. The Morgan fingerprint density at radius 2 is 1.78 bits per heavy atom. The molecule has 0 unspecified atom stereocenters. The molecule has 200 valence electrons. The fourth-order valence-electron chi connectivity index (χ4n) is 5.24. The summed E-state index contributed by atoms with van der Waals surface area (Å²) in [4.78, 5) is 39.0. The highest BCUT2D eigenvalue weighted by Gasteiger charge is 2.33. The number of amides is 2. The number of hydrogen-bond acceptors (Lipinski definition) is 7. The molecule has 0 bridgehead atoms. The summed E-state index contributed by atoms with van der Waals surface area (Å²) in [7, 11) is 4.03. The third kappa shape index (κ3) is 6.77. The lowest BCUT2D eigenvalue weighted by Crippen LogP contribution is -2.44. The molecule has 0 radical (unpaired) electrons. The maximum atomic E-state index is 13.0. The zero-order valence-electron chi connectivity index (χ0n) is 22.8. The largest absolute Gasteiger partial charge is 0.366 e. The molecule has 2 aliphatic rings. The van der Waals surface area contributed by atoms with Gasteiger partial charge in [-0.2, -0.15) is 4.98 Å². The Hall–Kier alpha value is -3.20. The highest BCUT2D eigenvalue weighted by Crippen LogP contribution is 2.30. The van der Waals surface area contributed by atoms with Crippen LogP contribution in [0.1, 0.15) is 61.9 Å². The molecule has 9 heteroatoms. The van der Waals surface area contributed by atoms with Gasteiger partial charge in [-0.1, -0.05) is 6.42 Å². The van der Waals surface area contributed by atoms with E-state index in [1.165, 1.54) is 0 Å². The van der Waals surface area contributed by atoms with Crippen molar-refractivity contribution in [3.05, 3.63) is 41.6 Å². The van der Waals surface area contributed by atoms with Crippen molar-refractivity contribution in [3.8, 4) is 0 Å². The Bertz CT molecular complexity index is 1080. The lowest BCUT2D eigenvalue weighted by Gasteiger charge is -2.35. The minimum atomic E-state index is -0.0640. The van der Waals surface area contributed by atoms with Gasteiger partial charge in [-0.05, 0) is 90.9 Å². The molecule has 2 heterocycles. The summed E-state index contributed by atoms with van der Waals surface area (Å²) in [6, 6.07) is 7.92. The number of piperidine rings is 1. The summed E-state index contributed by atoms with van der Waals surface area (Å²) in [5.41, 5.74) is 2.41. The summed E-state index contributed by atoms with van der Waals surface area (Å²) in [5.74, 6) is 1.29. The summed E-state index contributed by atoms with van der Waals surface area (Å²) in [6.07, 6.45) is 6.62. The van der Waals surface area contributed by atoms with Crippen molar-refractivity contribution in [2.45, 2.75) is 71.0 Å². The van der Waals surface area contributed by atoms with E-state index in [0.717, 1.165) is 62.3 Å². The molecule has 4 rings (SSSR count). The van der Waals surface area contributed by atoms with Crippen LogP contribution in [-0.4, -0.2) is 76.9 Å². The van der Waals surface area contributed by atoms with E-state index in [-0.39, 0.29) is 35.9 Å². The van der Waals surface area contributed by atoms with E-state index in [4.69, 9.17) is 4.98 Å². The monoisotopic (exact) mass is 507 g/mol. The lowest BCUT2D eigenvalue weighted by atomic mass is 10.0. The smallest absolute Gasteiger partial charge is 0.253 e. The average molecular weight is 508 g/mol. The van der Waals surface area contributed by atoms with Crippen LogP contribution in [0.4, 0.5) is 17.5 Å². The summed E-state index contributed by atoms with van der Waals surface area (Å²) in [5, 5.41) is 9.80. The van der Waals surface area contributed by atoms with Crippen LogP contribution in [0, 0.1) is 12.8 Å². The number of anilines is 3. The number of carbonyl (C=O) groups excluding carboxylic acids is 2. The molecule has 1 saturated carbocycles.